The van der Waals surface area contributed by atoms with Crippen molar-refractivity contribution in [2.75, 3.05) is 0 Å². The van der Waals surface area contributed by atoms with E-state index < -0.39 is 0 Å². The van der Waals surface area contributed by atoms with Gasteiger partial charge in [-0.2, -0.15) is 0 Å². The summed E-state index contributed by atoms with van der Waals surface area (Å²) in [6, 6.07) is 0. The number of hydrogen-bond donors (Lipinski definition) is 0. The third-order valence-corrected chi connectivity index (χ3v) is 7.81. The van der Waals surface area contributed by atoms with Gasteiger partial charge < -0.3 is 0 Å². The zero-order valence-corrected chi connectivity index (χ0v) is 24.6. The van der Waals surface area contributed by atoms with Crippen LogP contribution in [0.2, 0.25) is 0 Å². The van der Waals surface area contributed by atoms with Gasteiger partial charge >= 0.3 is 0 Å². The fourth-order valence-electron chi connectivity index (χ4n) is 5.50. The Labute approximate surface area is 221 Å². The molecule has 0 atom stereocenters. The van der Waals surface area contributed by atoms with E-state index in [9.17, 15) is 0 Å². The lowest BCUT2D eigenvalue weighted by atomic mass is 10.0. The molecule has 1 aromatic heterocycles. The molecule has 35 heavy (non-hydrogen) atoms. The Morgan fingerprint density at radius 1 is 0.486 bits per heavy atom. The van der Waals surface area contributed by atoms with Crippen molar-refractivity contribution in [2.24, 2.45) is 0 Å². The van der Waals surface area contributed by atoms with Crippen LogP contribution < -0.4 is 4.57 Å². The highest BCUT2D eigenvalue weighted by Gasteiger charge is 2.15. The van der Waals surface area contributed by atoms with Gasteiger partial charge in [0.1, 0.15) is 12.4 Å². The van der Waals surface area contributed by atoms with Gasteiger partial charge in [0, 0.05) is 6.42 Å². The Morgan fingerprint density at radius 2 is 0.886 bits per heavy atom. The van der Waals surface area contributed by atoms with E-state index in [1.165, 1.54) is 174 Å². The number of imidazole rings is 1. The standard InChI is InChI=1S/C33H65N2/c1-4-7-9-11-13-14-15-16-17-18-19-20-21-22-23-25-27-30-35-32-31-34(29-6-3)33(35)28-26-24-12-10-8-5-2/h31-32H,4-30H2,1-3H3/q+1. The molecule has 0 fully saturated rings. The molecule has 0 aromatic carbocycles. The van der Waals surface area contributed by atoms with Crippen molar-refractivity contribution in [1.29, 1.82) is 0 Å². The summed E-state index contributed by atoms with van der Waals surface area (Å²) in [6.45, 7) is 9.31. The summed E-state index contributed by atoms with van der Waals surface area (Å²) < 4.78 is 5.10. The van der Waals surface area contributed by atoms with Gasteiger partial charge in [-0.3, -0.25) is 0 Å². The largest absolute Gasteiger partial charge is 0.256 e. The highest BCUT2D eigenvalue weighted by molar-refractivity contribution is 4.84. The van der Waals surface area contributed by atoms with E-state index in [1.54, 1.807) is 5.82 Å². The second-order valence-corrected chi connectivity index (χ2v) is 11.3. The Balaban J connectivity index is 2.01. The van der Waals surface area contributed by atoms with E-state index in [0.29, 0.717) is 0 Å². The first-order valence-electron chi connectivity index (χ1n) is 16.4. The molecule has 0 aliphatic carbocycles. The molecule has 0 saturated carbocycles. The van der Waals surface area contributed by atoms with Gasteiger partial charge in [0.05, 0.1) is 13.1 Å². The average molecular weight is 490 g/mol. The zero-order chi connectivity index (χ0) is 25.2. The van der Waals surface area contributed by atoms with Crippen LogP contribution in [0.1, 0.15) is 181 Å². The normalized spacial score (nSPS) is 11.5. The molecule has 0 aliphatic rings. The molecule has 1 aromatic rings. The second kappa shape index (κ2) is 24.9. The molecule has 2 nitrogen and oxygen atoms in total. The lowest BCUT2D eigenvalue weighted by molar-refractivity contribution is -0.703. The molecular formula is C33H65N2+. The highest BCUT2D eigenvalue weighted by atomic mass is 15.1. The van der Waals surface area contributed by atoms with E-state index >= 15 is 0 Å². The Hall–Kier alpha value is -0.790. The molecule has 1 heterocycles. The summed E-state index contributed by atoms with van der Waals surface area (Å²) in [6.07, 6.45) is 40.2. The number of rotatable bonds is 27. The molecule has 0 N–H and O–H groups in total. The summed E-state index contributed by atoms with van der Waals surface area (Å²) in [5.74, 6) is 1.58. The van der Waals surface area contributed by atoms with Crippen molar-refractivity contribution < 1.29 is 4.57 Å². The van der Waals surface area contributed by atoms with E-state index in [0.717, 1.165) is 0 Å². The fourth-order valence-corrected chi connectivity index (χ4v) is 5.50. The first-order valence-corrected chi connectivity index (χ1v) is 16.4. The van der Waals surface area contributed by atoms with Crippen LogP contribution >= 0.6 is 0 Å². The Morgan fingerprint density at radius 3 is 1.31 bits per heavy atom. The van der Waals surface area contributed by atoms with E-state index in [4.69, 9.17) is 0 Å². The topological polar surface area (TPSA) is 8.81 Å². The van der Waals surface area contributed by atoms with E-state index in [-0.39, 0.29) is 0 Å². The maximum Gasteiger partial charge on any atom is 0.256 e. The van der Waals surface area contributed by atoms with E-state index in [1.807, 2.05) is 0 Å². The number of hydrogen-bond acceptors (Lipinski definition) is 0. The van der Waals surface area contributed by atoms with Gasteiger partial charge in [-0.25, -0.2) is 9.13 Å². The van der Waals surface area contributed by atoms with Gasteiger partial charge in [0.2, 0.25) is 0 Å². The smallest absolute Gasteiger partial charge is 0.234 e. The molecule has 206 valence electrons. The fraction of sp³-hybridized carbons (Fsp3) is 0.909. The third kappa shape index (κ3) is 18.2. The molecule has 0 spiro atoms. The summed E-state index contributed by atoms with van der Waals surface area (Å²) in [4.78, 5) is 0. The van der Waals surface area contributed by atoms with Crippen LogP contribution in [0.4, 0.5) is 0 Å². The van der Waals surface area contributed by atoms with Gasteiger partial charge in [-0.15, -0.1) is 0 Å². The van der Waals surface area contributed by atoms with E-state index in [2.05, 4.69) is 42.3 Å². The predicted octanol–water partition coefficient (Wildman–Crippen LogP) is 10.7. The number of unbranched alkanes of at least 4 members (excludes halogenated alkanes) is 21. The third-order valence-electron chi connectivity index (χ3n) is 7.81. The molecule has 0 radical (unpaired) electrons. The number of aromatic nitrogens is 2. The monoisotopic (exact) mass is 490 g/mol. The zero-order valence-electron chi connectivity index (χ0n) is 24.6. The van der Waals surface area contributed by atoms with Crippen molar-refractivity contribution in [2.45, 2.75) is 194 Å². The summed E-state index contributed by atoms with van der Waals surface area (Å²) >= 11 is 0. The number of nitrogens with zero attached hydrogens (tertiary/aromatic N) is 2. The number of aryl methyl sites for hydroxylation is 2. The highest BCUT2D eigenvalue weighted by Crippen LogP contribution is 2.15. The lowest BCUT2D eigenvalue weighted by Crippen LogP contribution is -2.37. The second-order valence-electron chi connectivity index (χ2n) is 11.3. The molecule has 0 aliphatic heterocycles. The van der Waals surface area contributed by atoms with Crippen molar-refractivity contribution in [3.8, 4) is 0 Å². The van der Waals surface area contributed by atoms with Crippen LogP contribution in [0, 0.1) is 0 Å². The SMILES string of the molecule is CCCCCCCCCCCCCCCCCCCn1cc[n+](CCC)c1CCCCCCCC. The van der Waals surface area contributed by atoms with Gasteiger partial charge in [-0.1, -0.05) is 149 Å². The molecule has 0 bridgehead atoms. The van der Waals surface area contributed by atoms with Crippen LogP contribution in [-0.2, 0) is 19.5 Å². The lowest BCUT2D eigenvalue weighted by Gasteiger charge is -2.06. The minimum Gasteiger partial charge on any atom is -0.234 e. The minimum absolute atomic E-state index is 1.18. The van der Waals surface area contributed by atoms with Crippen molar-refractivity contribution in [3.05, 3.63) is 18.2 Å². The molecular weight excluding hydrogens is 424 g/mol. The van der Waals surface area contributed by atoms with Crippen LogP contribution in [0.15, 0.2) is 12.4 Å². The van der Waals surface area contributed by atoms with Gasteiger partial charge in [0.15, 0.2) is 0 Å². The minimum atomic E-state index is 1.18. The van der Waals surface area contributed by atoms with Crippen molar-refractivity contribution >= 4 is 0 Å². The Bertz CT molecular complexity index is 547. The maximum atomic E-state index is 2.58. The molecule has 1 rings (SSSR count). The van der Waals surface area contributed by atoms with Gasteiger partial charge in [-0.05, 0) is 25.7 Å². The summed E-state index contributed by atoms with van der Waals surface area (Å²) in [5, 5.41) is 0. The summed E-state index contributed by atoms with van der Waals surface area (Å²) in [5.41, 5.74) is 0. The van der Waals surface area contributed by atoms with Crippen molar-refractivity contribution in [3.63, 3.8) is 0 Å². The molecule has 2 heteroatoms. The predicted molar refractivity (Wildman–Crippen MR) is 156 cm³/mol. The van der Waals surface area contributed by atoms with Crippen LogP contribution in [0.5, 0.6) is 0 Å². The maximum absolute atomic E-state index is 2.58. The first-order chi connectivity index (χ1) is 17.3. The molecule has 0 unspecified atom stereocenters. The first kappa shape index (κ1) is 32.2. The van der Waals surface area contributed by atoms with Crippen LogP contribution in [0.3, 0.4) is 0 Å². The quantitative estimate of drug-likeness (QED) is 0.0858. The summed E-state index contributed by atoms with van der Waals surface area (Å²) in [7, 11) is 0. The van der Waals surface area contributed by atoms with Crippen LogP contribution in [0.25, 0.3) is 0 Å². The van der Waals surface area contributed by atoms with Crippen molar-refractivity contribution in [1.82, 2.24) is 4.57 Å². The average Bonchev–Trinajstić information content (AvgIpc) is 3.24. The Kier molecular flexibility index (Phi) is 22.9. The van der Waals surface area contributed by atoms with Crippen LogP contribution in [-0.4, -0.2) is 4.57 Å². The molecule has 0 saturated heterocycles. The van der Waals surface area contributed by atoms with Gasteiger partial charge in [0.25, 0.3) is 5.82 Å². The molecule has 0 amide bonds.